The van der Waals surface area contributed by atoms with Gasteiger partial charge in [0.15, 0.2) is 0 Å². The Kier molecular flexibility index (Phi) is 5.83. The maximum Gasteiger partial charge on any atom is 0.241 e. The summed E-state index contributed by atoms with van der Waals surface area (Å²) in [5.41, 5.74) is 0.866. The van der Waals surface area contributed by atoms with Crippen molar-refractivity contribution in [3.8, 4) is 0 Å². The summed E-state index contributed by atoms with van der Waals surface area (Å²) in [4.78, 5) is 32.8. The summed E-state index contributed by atoms with van der Waals surface area (Å²) in [6.07, 6.45) is 3.76. The van der Waals surface area contributed by atoms with E-state index in [0.29, 0.717) is 6.54 Å². The Morgan fingerprint density at radius 2 is 2.18 bits per heavy atom. The van der Waals surface area contributed by atoms with Crippen LogP contribution >= 0.6 is 11.8 Å². The third-order valence-electron chi connectivity index (χ3n) is 3.63. The molecule has 0 aliphatic carbocycles. The van der Waals surface area contributed by atoms with E-state index in [0.717, 1.165) is 30.1 Å². The third-order valence-corrected chi connectivity index (χ3v) is 4.82. The van der Waals surface area contributed by atoms with Crippen molar-refractivity contribution in [3.63, 3.8) is 0 Å². The minimum absolute atomic E-state index is 0.0172. The number of fused-ring (bicyclic) bond motifs is 1. The van der Waals surface area contributed by atoms with Crippen molar-refractivity contribution in [2.45, 2.75) is 43.4 Å². The largest absolute Gasteiger partial charge is 0.346 e. The van der Waals surface area contributed by atoms with Gasteiger partial charge in [-0.05, 0) is 25.0 Å². The monoisotopic (exact) mass is 321 g/mol. The molecule has 0 N–H and O–H groups in total. The molecule has 1 aliphatic heterocycles. The Labute approximate surface area is 136 Å². The number of aromatic nitrogens is 1. The number of hydrogen-bond acceptors (Lipinski definition) is 4. The number of nitrogens with zero attached hydrogens (tertiary/aromatic N) is 3. The molecular formula is C16H23N3O2S. The second-order valence-electron chi connectivity index (χ2n) is 5.44. The standard InChI is InChI=1S/C16H23N3O2S/c1-4-9-18(3)14(20)11-13-16(21)19(10-5-2)12-7-6-8-17-15(12)22-13/h6-8,13H,4-5,9-11H2,1-3H3. The Balaban J connectivity index is 2.17. The van der Waals surface area contributed by atoms with Crippen LogP contribution in [-0.4, -0.2) is 47.1 Å². The number of thioether (sulfide) groups is 1. The number of hydrogen-bond donors (Lipinski definition) is 0. The number of carbonyl (C=O) groups excluding carboxylic acids is 2. The van der Waals surface area contributed by atoms with Crippen LogP contribution in [-0.2, 0) is 9.59 Å². The zero-order valence-electron chi connectivity index (χ0n) is 13.4. The Bertz CT molecular complexity index is 550. The van der Waals surface area contributed by atoms with Crippen LogP contribution in [0.15, 0.2) is 23.4 Å². The lowest BCUT2D eigenvalue weighted by Crippen LogP contribution is -2.44. The van der Waals surface area contributed by atoms with E-state index in [9.17, 15) is 9.59 Å². The molecule has 0 fully saturated rings. The molecule has 0 saturated heterocycles. The van der Waals surface area contributed by atoms with Crippen molar-refractivity contribution < 1.29 is 9.59 Å². The second kappa shape index (κ2) is 7.63. The normalized spacial score (nSPS) is 17.3. The summed E-state index contributed by atoms with van der Waals surface area (Å²) in [5.74, 6) is 0.0362. The van der Waals surface area contributed by atoms with Crippen LogP contribution in [0, 0.1) is 0 Å². The van der Waals surface area contributed by atoms with Crippen LogP contribution in [0.25, 0.3) is 0 Å². The molecule has 1 unspecified atom stereocenters. The topological polar surface area (TPSA) is 53.5 Å². The number of carbonyl (C=O) groups is 2. The first kappa shape index (κ1) is 16.8. The van der Waals surface area contributed by atoms with Gasteiger partial charge in [0.05, 0.1) is 10.9 Å². The molecule has 0 radical (unpaired) electrons. The first-order valence-corrected chi connectivity index (χ1v) is 8.63. The quantitative estimate of drug-likeness (QED) is 0.808. The van der Waals surface area contributed by atoms with Crippen molar-refractivity contribution in [3.05, 3.63) is 18.3 Å². The van der Waals surface area contributed by atoms with Crippen LogP contribution < -0.4 is 4.90 Å². The zero-order chi connectivity index (χ0) is 16.1. The van der Waals surface area contributed by atoms with Gasteiger partial charge in [-0.1, -0.05) is 25.6 Å². The minimum Gasteiger partial charge on any atom is -0.346 e. The first-order chi connectivity index (χ1) is 10.6. The van der Waals surface area contributed by atoms with Gasteiger partial charge in [0.25, 0.3) is 0 Å². The lowest BCUT2D eigenvalue weighted by molar-refractivity contribution is -0.131. The second-order valence-corrected chi connectivity index (χ2v) is 6.63. The van der Waals surface area contributed by atoms with Crippen molar-refractivity contribution in [2.24, 2.45) is 0 Å². The van der Waals surface area contributed by atoms with E-state index < -0.39 is 0 Å². The Morgan fingerprint density at radius 1 is 1.41 bits per heavy atom. The molecule has 1 aromatic heterocycles. The molecule has 2 heterocycles. The average Bonchev–Trinajstić information content (AvgIpc) is 2.51. The highest BCUT2D eigenvalue weighted by Gasteiger charge is 2.35. The summed E-state index contributed by atoms with van der Waals surface area (Å²) in [6.45, 7) is 5.46. The van der Waals surface area contributed by atoms with Crippen LogP contribution in [0.1, 0.15) is 33.1 Å². The van der Waals surface area contributed by atoms with E-state index in [4.69, 9.17) is 0 Å². The van der Waals surface area contributed by atoms with Gasteiger partial charge in [-0.25, -0.2) is 4.98 Å². The summed E-state index contributed by atoms with van der Waals surface area (Å²) in [6, 6.07) is 3.76. The molecule has 1 atom stereocenters. The molecule has 0 saturated carbocycles. The summed E-state index contributed by atoms with van der Waals surface area (Å²) < 4.78 is 0. The molecule has 2 amide bonds. The highest BCUT2D eigenvalue weighted by molar-refractivity contribution is 8.00. The fraction of sp³-hybridized carbons (Fsp3) is 0.562. The molecule has 22 heavy (non-hydrogen) atoms. The van der Waals surface area contributed by atoms with Crippen molar-refractivity contribution >= 4 is 29.3 Å². The lowest BCUT2D eigenvalue weighted by atomic mass is 10.2. The van der Waals surface area contributed by atoms with Crippen LogP contribution in [0.5, 0.6) is 0 Å². The van der Waals surface area contributed by atoms with Gasteiger partial charge >= 0.3 is 0 Å². The molecular weight excluding hydrogens is 298 g/mol. The van der Waals surface area contributed by atoms with E-state index >= 15 is 0 Å². The van der Waals surface area contributed by atoms with Crippen LogP contribution in [0.4, 0.5) is 5.69 Å². The summed E-state index contributed by atoms with van der Waals surface area (Å²) >= 11 is 1.41. The van der Waals surface area contributed by atoms with Gasteiger partial charge < -0.3 is 9.80 Å². The fourth-order valence-corrected chi connectivity index (χ4v) is 3.66. The molecule has 2 rings (SSSR count). The number of rotatable bonds is 6. The predicted octanol–water partition coefficient (Wildman–Crippen LogP) is 2.56. The number of pyridine rings is 1. The predicted molar refractivity (Wildman–Crippen MR) is 89.1 cm³/mol. The molecule has 6 heteroatoms. The molecule has 0 bridgehead atoms. The third kappa shape index (κ3) is 3.61. The summed E-state index contributed by atoms with van der Waals surface area (Å²) in [7, 11) is 1.79. The zero-order valence-corrected chi connectivity index (χ0v) is 14.2. The molecule has 0 aromatic carbocycles. The molecule has 120 valence electrons. The van der Waals surface area contributed by atoms with Gasteiger partial charge in [-0.15, -0.1) is 0 Å². The number of anilines is 1. The summed E-state index contributed by atoms with van der Waals surface area (Å²) in [5, 5.41) is 0.465. The minimum atomic E-state index is -0.374. The van der Waals surface area contributed by atoms with Gasteiger partial charge in [0.1, 0.15) is 5.03 Å². The molecule has 1 aromatic rings. The highest BCUT2D eigenvalue weighted by atomic mass is 32.2. The maximum absolute atomic E-state index is 12.7. The average molecular weight is 321 g/mol. The van der Waals surface area contributed by atoms with Crippen molar-refractivity contribution in [1.82, 2.24) is 9.88 Å². The van der Waals surface area contributed by atoms with Gasteiger partial charge in [-0.3, -0.25) is 9.59 Å². The van der Waals surface area contributed by atoms with E-state index in [1.165, 1.54) is 11.8 Å². The van der Waals surface area contributed by atoms with E-state index in [1.807, 2.05) is 26.0 Å². The van der Waals surface area contributed by atoms with Crippen LogP contribution in [0.2, 0.25) is 0 Å². The first-order valence-electron chi connectivity index (χ1n) is 7.75. The molecule has 1 aliphatic rings. The smallest absolute Gasteiger partial charge is 0.241 e. The maximum atomic E-state index is 12.7. The van der Waals surface area contributed by atoms with Gasteiger partial charge in [0, 0.05) is 32.8 Å². The molecule has 0 spiro atoms. The van der Waals surface area contributed by atoms with Gasteiger partial charge in [-0.2, -0.15) is 0 Å². The SMILES string of the molecule is CCCN(C)C(=O)CC1Sc2ncccc2N(CCC)C1=O. The Hall–Kier alpha value is -1.56. The van der Waals surface area contributed by atoms with Gasteiger partial charge in [0.2, 0.25) is 11.8 Å². The highest BCUT2D eigenvalue weighted by Crippen LogP contribution is 2.38. The molecule has 5 nitrogen and oxygen atoms in total. The fourth-order valence-electron chi connectivity index (χ4n) is 2.51. The Morgan fingerprint density at radius 3 is 2.86 bits per heavy atom. The van der Waals surface area contributed by atoms with E-state index in [2.05, 4.69) is 4.98 Å². The van der Waals surface area contributed by atoms with E-state index in [-0.39, 0.29) is 23.5 Å². The lowest BCUT2D eigenvalue weighted by Gasteiger charge is -2.33. The van der Waals surface area contributed by atoms with Crippen molar-refractivity contribution in [1.29, 1.82) is 0 Å². The van der Waals surface area contributed by atoms with Crippen LogP contribution in [0.3, 0.4) is 0 Å². The van der Waals surface area contributed by atoms with E-state index in [1.54, 1.807) is 23.0 Å². The number of amides is 2. The van der Waals surface area contributed by atoms with Crippen molar-refractivity contribution in [2.75, 3.05) is 25.0 Å².